The molecule has 0 spiro atoms. The SMILES string of the molecule is CCOc1cc(CNc2ccc(C(=O)O)cc2C)c(Br)cc1OCc1c(Cl)cccc1Cl. The maximum absolute atomic E-state index is 11.1. The lowest BCUT2D eigenvalue weighted by Crippen LogP contribution is -2.06. The van der Waals surface area contributed by atoms with E-state index in [9.17, 15) is 4.79 Å². The van der Waals surface area contributed by atoms with Gasteiger partial charge >= 0.3 is 5.97 Å². The Balaban J connectivity index is 1.78. The van der Waals surface area contributed by atoms with Crippen LogP contribution in [0.5, 0.6) is 11.5 Å². The molecule has 0 bridgehead atoms. The van der Waals surface area contributed by atoms with Crippen molar-refractivity contribution in [3.8, 4) is 11.5 Å². The van der Waals surface area contributed by atoms with Gasteiger partial charge in [0.15, 0.2) is 11.5 Å². The van der Waals surface area contributed by atoms with Crippen LogP contribution < -0.4 is 14.8 Å². The van der Waals surface area contributed by atoms with Crippen LogP contribution in [0.25, 0.3) is 0 Å². The first-order valence-corrected chi connectivity index (χ1v) is 11.4. The third-order valence-electron chi connectivity index (χ3n) is 4.79. The van der Waals surface area contributed by atoms with Crippen LogP contribution in [0.4, 0.5) is 5.69 Å². The van der Waals surface area contributed by atoms with Crippen LogP contribution in [0.2, 0.25) is 10.0 Å². The highest BCUT2D eigenvalue weighted by molar-refractivity contribution is 9.10. The van der Waals surface area contributed by atoms with Gasteiger partial charge in [0.05, 0.1) is 12.2 Å². The van der Waals surface area contributed by atoms with Crippen molar-refractivity contribution in [1.82, 2.24) is 0 Å². The van der Waals surface area contributed by atoms with E-state index in [1.54, 1.807) is 36.4 Å². The van der Waals surface area contributed by atoms with E-state index >= 15 is 0 Å². The first-order chi connectivity index (χ1) is 15.3. The second-order valence-corrected chi connectivity index (χ2v) is 8.67. The molecule has 3 aromatic carbocycles. The van der Waals surface area contributed by atoms with Crippen molar-refractivity contribution < 1.29 is 19.4 Å². The average Bonchev–Trinajstić information content (AvgIpc) is 2.74. The molecule has 0 heterocycles. The topological polar surface area (TPSA) is 67.8 Å². The molecule has 5 nitrogen and oxygen atoms in total. The maximum atomic E-state index is 11.1. The summed E-state index contributed by atoms with van der Waals surface area (Å²) in [4.78, 5) is 11.1. The predicted octanol–water partition coefficient (Wildman–Crippen LogP) is 7.35. The summed E-state index contributed by atoms with van der Waals surface area (Å²) in [6, 6.07) is 14.1. The van der Waals surface area contributed by atoms with E-state index in [1.807, 2.05) is 26.0 Å². The number of ether oxygens (including phenoxy) is 2. The van der Waals surface area contributed by atoms with Gasteiger partial charge < -0.3 is 19.9 Å². The molecule has 0 aliphatic rings. The molecule has 0 aromatic heterocycles. The number of halogens is 3. The summed E-state index contributed by atoms with van der Waals surface area (Å²) < 4.78 is 12.6. The molecule has 0 aliphatic heterocycles. The highest BCUT2D eigenvalue weighted by atomic mass is 79.9. The molecular formula is C24H22BrCl2NO4. The van der Waals surface area contributed by atoms with Crippen molar-refractivity contribution in [2.75, 3.05) is 11.9 Å². The molecule has 0 atom stereocenters. The number of anilines is 1. The van der Waals surface area contributed by atoms with Gasteiger partial charge in [0.1, 0.15) is 6.61 Å². The van der Waals surface area contributed by atoms with Crippen LogP contribution in [0.15, 0.2) is 53.0 Å². The number of rotatable bonds is 9. The third kappa shape index (κ3) is 5.88. The fourth-order valence-corrected chi connectivity index (χ4v) is 4.07. The molecule has 8 heteroatoms. The molecule has 2 N–H and O–H groups in total. The minimum atomic E-state index is -0.947. The number of carboxylic acid groups (broad SMARTS) is 1. The van der Waals surface area contributed by atoms with Crippen molar-refractivity contribution in [1.29, 1.82) is 0 Å². The first kappa shape index (κ1) is 24.2. The average molecular weight is 539 g/mol. The quantitative estimate of drug-likeness (QED) is 0.298. The first-order valence-electron chi connectivity index (χ1n) is 9.88. The number of hydrogen-bond acceptors (Lipinski definition) is 4. The number of aryl methyl sites for hydroxylation is 1. The third-order valence-corrected chi connectivity index (χ3v) is 6.24. The highest BCUT2D eigenvalue weighted by Crippen LogP contribution is 2.36. The molecule has 0 saturated heterocycles. The Morgan fingerprint density at radius 1 is 1.06 bits per heavy atom. The van der Waals surface area contributed by atoms with Gasteiger partial charge in [-0.3, -0.25) is 0 Å². The van der Waals surface area contributed by atoms with Gasteiger partial charge in [-0.2, -0.15) is 0 Å². The van der Waals surface area contributed by atoms with E-state index in [1.165, 1.54) is 0 Å². The second kappa shape index (κ2) is 10.9. The molecule has 0 aliphatic carbocycles. The normalized spacial score (nSPS) is 10.7. The predicted molar refractivity (Wildman–Crippen MR) is 132 cm³/mol. The molecule has 0 radical (unpaired) electrons. The lowest BCUT2D eigenvalue weighted by Gasteiger charge is -2.17. The number of carbonyl (C=O) groups is 1. The zero-order valence-electron chi connectivity index (χ0n) is 17.5. The monoisotopic (exact) mass is 537 g/mol. The smallest absolute Gasteiger partial charge is 0.335 e. The highest BCUT2D eigenvalue weighted by Gasteiger charge is 2.14. The number of aromatic carboxylic acids is 1. The summed E-state index contributed by atoms with van der Waals surface area (Å²) in [5.41, 5.74) is 3.63. The number of benzene rings is 3. The Bertz CT molecular complexity index is 1120. The van der Waals surface area contributed by atoms with E-state index in [0.717, 1.165) is 21.3 Å². The minimum absolute atomic E-state index is 0.206. The van der Waals surface area contributed by atoms with Crippen LogP contribution in [0.1, 0.15) is 34.0 Å². The summed E-state index contributed by atoms with van der Waals surface area (Å²) in [7, 11) is 0. The minimum Gasteiger partial charge on any atom is -0.490 e. The molecule has 32 heavy (non-hydrogen) atoms. The van der Waals surface area contributed by atoms with Crippen LogP contribution in [0.3, 0.4) is 0 Å². The molecular weight excluding hydrogens is 517 g/mol. The Morgan fingerprint density at radius 2 is 1.75 bits per heavy atom. The van der Waals surface area contributed by atoms with Gasteiger partial charge in [0.2, 0.25) is 0 Å². The largest absolute Gasteiger partial charge is 0.490 e. The molecule has 0 amide bonds. The maximum Gasteiger partial charge on any atom is 0.335 e. The number of hydrogen-bond donors (Lipinski definition) is 2. The molecule has 0 unspecified atom stereocenters. The zero-order chi connectivity index (χ0) is 23.3. The molecule has 3 aromatic rings. The summed E-state index contributed by atoms with van der Waals surface area (Å²) in [5.74, 6) is 0.228. The van der Waals surface area contributed by atoms with Gasteiger partial charge in [-0.1, -0.05) is 45.2 Å². The molecule has 168 valence electrons. The lowest BCUT2D eigenvalue weighted by atomic mass is 10.1. The van der Waals surface area contributed by atoms with Crippen molar-refractivity contribution in [3.05, 3.63) is 85.3 Å². The van der Waals surface area contributed by atoms with Crippen LogP contribution in [0, 0.1) is 6.92 Å². The molecule has 0 fully saturated rings. The van der Waals surface area contributed by atoms with Gasteiger partial charge in [0.25, 0.3) is 0 Å². The van der Waals surface area contributed by atoms with E-state index in [-0.39, 0.29) is 12.2 Å². The Morgan fingerprint density at radius 3 is 2.38 bits per heavy atom. The summed E-state index contributed by atoms with van der Waals surface area (Å²) in [6.45, 7) is 4.96. The van der Waals surface area contributed by atoms with E-state index in [2.05, 4.69) is 21.2 Å². The van der Waals surface area contributed by atoms with Crippen molar-refractivity contribution in [3.63, 3.8) is 0 Å². The second-order valence-electron chi connectivity index (χ2n) is 7.00. The van der Waals surface area contributed by atoms with Gasteiger partial charge in [0, 0.05) is 32.3 Å². The Hall–Kier alpha value is -2.41. The van der Waals surface area contributed by atoms with Gasteiger partial charge in [-0.25, -0.2) is 4.79 Å². The van der Waals surface area contributed by atoms with Crippen LogP contribution in [-0.2, 0) is 13.2 Å². The van der Waals surface area contributed by atoms with Crippen molar-refractivity contribution >= 4 is 50.8 Å². The van der Waals surface area contributed by atoms with Crippen molar-refractivity contribution in [2.45, 2.75) is 27.0 Å². The lowest BCUT2D eigenvalue weighted by molar-refractivity contribution is 0.0697. The fourth-order valence-electron chi connectivity index (χ4n) is 3.10. The van der Waals surface area contributed by atoms with E-state index < -0.39 is 5.97 Å². The summed E-state index contributed by atoms with van der Waals surface area (Å²) in [6.07, 6.45) is 0. The van der Waals surface area contributed by atoms with Crippen molar-refractivity contribution in [2.24, 2.45) is 0 Å². The van der Waals surface area contributed by atoms with E-state index in [0.29, 0.717) is 40.3 Å². The fraction of sp³-hybridized carbons (Fsp3) is 0.208. The summed E-state index contributed by atoms with van der Waals surface area (Å²) >= 11 is 16.1. The molecule has 0 saturated carbocycles. The van der Waals surface area contributed by atoms with Crippen LogP contribution in [-0.4, -0.2) is 17.7 Å². The zero-order valence-corrected chi connectivity index (χ0v) is 20.6. The van der Waals surface area contributed by atoms with Crippen LogP contribution >= 0.6 is 39.1 Å². The standard InChI is InChI=1S/C24H22BrCl2NO4/c1-3-31-22-10-16(12-28-21-8-7-15(24(29)30)9-14(21)2)18(25)11-23(22)32-13-17-19(26)5-4-6-20(17)27/h4-11,28H,3,12-13H2,1-2H3,(H,29,30). The van der Waals surface area contributed by atoms with Gasteiger partial charge in [-0.15, -0.1) is 0 Å². The molecule has 3 rings (SSSR count). The Labute approximate surface area is 205 Å². The number of carboxylic acids is 1. The summed E-state index contributed by atoms with van der Waals surface area (Å²) in [5, 5.41) is 13.6. The number of nitrogens with one attached hydrogen (secondary N) is 1. The Kier molecular flexibility index (Phi) is 8.29. The van der Waals surface area contributed by atoms with Gasteiger partial charge in [-0.05, 0) is 67.4 Å². The van der Waals surface area contributed by atoms with E-state index in [4.69, 9.17) is 37.8 Å².